The van der Waals surface area contributed by atoms with E-state index in [2.05, 4.69) is 0 Å². The summed E-state index contributed by atoms with van der Waals surface area (Å²) >= 11 is 5.61. The van der Waals surface area contributed by atoms with Crippen molar-refractivity contribution in [3.05, 3.63) is 34.9 Å². The van der Waals surface area contributed by atoms with Crippen LogP contribution in [-0.4, -0.2) is 23.1 Å². The molecule has 2 heteroatoms. The van der Waals surface area contributed by atoms with Crippen LogP contribution in [0.2, 0.25) is 5.02 Å². The Morgan fingerprint density at radius 3 is 1.89 bits per heavy atom. The summed E-state index contributed by atoms with van der Waals surface area (Å²) in [6.45, 7) is 2.04. The largest absolute Gasteiger partial charge is 0.316 e. The molecule has 0 aliphatic carbocycles. The highest BCUT2D eigenvalue weighted by Gasteiger charge is 1.81. The molecule has 0 nitrogen and oxygen atoms in total. The van der Waals surface area contributed by atoms with Crippen molar-refractivity contribution < 1.29 is 0 Å². The van der Waals surface area contributed by atoms with Gasteiger partial charge in [-0.2, -0.15) is 0 Å². The van der Waals surface area contributed by atoms with E-state index in [0.717, 1.165) is 5.02 Å². The second-order valence-electron chi connectivity index (χ2n) is 1.80. The number of hydrogen-bond acceptors (Lipinski definition) is 0. The monoisotopic (exact) mass is 152 g/mol. The minimum Gasteiger partial charge on any atom is -0.0843 e. The summed E-state index contributed by atoms with van der Waals surface area (Å²) in [7, 11) is 0. The Morgan fingerprint density at radius 2 is 1.56 bits per heavy atom. The molecule has 1 rings (SSSR count). The molecule has 0 fully saturated rings. The lowest BCUT2D eigenvalue weighted by Crippen LogP contribution is -1.66. The summed E-state index contributed by atoms with van der Waals surface area (Å²) < 4.78 is 0. The van der Waals surface area contributed by atoms with Gasteiger partial charge in [0.1, 0.15) is 0 Å². The first-order chi connectivity index (χ1) is 3.79. The number of aryl methyl sites for hydroxylation is 1. The summed E-state index contributed by atoms with van der Waals surface area (Å²) in [6.07, 6.45) is 0. The highest BCUT2D eigenvalue weighted by atomic mass is 35.5. The molecule has 0 atom stereocenters. The van der Waals surface area contributed by atoms with E-state index >= 15 is 0 Å². The molecule has 0 aromatic heterocycles. The molecule has 0 bridgehead atoms. The molecule has 1 aromatic rings. The minimum absolute atomic E-state index is 0. The van der Waals surface area contributed by atoms with E-state index in [4.69, 9.17) is 11.6 Å². The van der Waals surface area contributed by atoms with Gasteiger partial charge in [0, 0.05) is 5.02 Å². The average molecular weight is 153 g/mol. The van der Waals surface area contributed by atoms with Gasteiger partial charge in [-0.05, 0) is 19.1 Å². The Labute approximate surface area is 76.4 Å². The van der Waals surface area contributed by atoms with Crippen molar-refractivity contribution in [1.29, 1.82) is 0 Å². The highest BCUT2D eigenvalue weighted by molar-refractivity contribution is 6.30. The second kappa shape index (κ2) is 4.15. The summed E-state index contributed by atoms with van der Waals surface area (Å²) in [6, 6.07) is 7.75. The van der Waals surface area contributed by atoms with E-state index in [0.29, 0.717) is 0 Å². The molecule has 0 spiro atoms. The molecule has 0 saturated carbocycles. The molecular formula is C7H9ClMg. The molecule has 1 aromatic carbocycles. The average Bonchev–Trinajstić information content (AvgIpc) is 1.77. The molecular weight excluding hydrogens is 144 g/mol. The van der Waals surface area contributed by atoms with Gasteiger partial charge in [0.15, 0.2) is 0 Å². The molecule has 0 radical (unpaired) electrons. The maximum absolute atomic E-state index is 5.61. The van der Waals surface area contributed by atoms with E-state index in [-0.39, 0.29) is 23.1 Å². The Balaban J connectivity index is 0.000000640. The van der Waals surface area contributed by atoms with Crippen LogP contribution in [0, 0.1) is 6.92 Å². The van der Waals surface area contributed by atoms with Gasteiger partial charge in [0.05, 0.1) is 0 Å². The fourth-order valence-electron chi connectivity index (χ4n) is 0.533. The van der Waals surface area contributed by atoms with E-state index in [1.807, 2.05) is 31.2 Å². The molecule has 9 heavy (non-hydrogen) atoms. The lowest BCUT2D eigenvalue weighted by molar-refractivity contribution is 1.48. The molecule has 0 aliphatic heterocycles. The zero-order valence-electron chi connectivity index (χ0n) is 4.69. The van der Waals surface area contributed by atoms with Crippen molar-refractivity contribution in [2.45, 2.75) is 6.92 Å². The van der Waals surface area contributed by atoms with Gasteiger partial charge in [-0.25, -0.2) is 0 Å². The van der Waals surface area contributed by atoms with E-state index in [1.165, 1.54) is 5.56 Å². The van der Waals surface area contributed by atoms with Gasteiger partial charge in [-0.1, -0.05) is 29.3 Å². The topological polar surface area (TPSA) is 0 Å². The summed E-state index contributed by atoms with van der Waals surface area (Å²) in [4.78, 5) is 0. The van der Waals surface area contributed by atoms with Gasteiger partial charge < -0.3 is 0 Å². The van der Waals surface area contributed by atoms with Crippen LogP contribution in [0.3, 0.4) is 0 Å². The maximum atomic E-state index is 5.61. The molecule has 0 saturated heterocycles. The van der Waals surface area contributed by atoms with Crippen molar-refractivity contribution >= 4 is 34.7 Å². The minimum atomic E-state index is 0. The third kappa shape index (κ3) is 3.09. The third-order valence-electron chi connectivity index (χ3n) is 1.01. The van der Waals surface area contributed by atoms with Crippen molar-refractivity contribution in [3.63, 3.8) is 0 Å². The number of benzene rings is 1. The van der Waals surface area contributed by atoms with Gasteiger partial charge in [-0.15, -0.1) is 0 Å². The highest BCUT2D eigenvalue weighted by Crippen LogP contribution is 2.07. The van der Waals surface area contributed by atoms with E-state index in [1.54, 1.807) is 0 Å². The Bertz CT molecular complexity index is 148. The Morgan fingerprint density at radius 1 is 1.11 bits per heavy atom. The summed E-state index contributed by atoms with van der Waals surface area (Å²) in [5.41, 5.74) is 1.24. The predicted molar refractivity (Wildman–Crippen MR) is 44.7 cm³/mol. The lowest BCUT2D eigenvalue weighted by Gasteiger charge is -1.88. The molecule has 0 heterocycles. The van der Waals surface area contributed by atoms with Crippen LogP contribution in [0.4, 0.5) is 0 Å². The number of rotatable bonds is 0. The van der Waals surface area contributed by atoms with Gasteiger partial charge in [0.25, 0.3) is 0 Å². The normalized spacial score (nSPS) is 8.22. The number of halogens is 1. The van der Waals surface area contributed by atoms with Crippen LogP contribution in [0.5, 0.6) is 0 Å². The lowest BCUT2D eigenvalue weighted by atomic mass is 10.2. The SMILES string of the molecule is Cc1ccc(Cl)cc1.[MgH2]. The van der Waals surface area contributed by atoms with Crippen molar-refractivity contribution in [2.24, 2.45) is 0 Å². The van der Waals surface area contributed by atoms with Gasteiger partial charge in [-0.3, -0.25) is 0 Å². The van der Waals surface area contributed by atoms with Crippen LogP contribution in [0.1, 0.15) is 5.56 Å². The van der Waals surface area contributed by atoms with Gasteiger partial charge >= 0.3 is 23.1 Å². The standard InChI is InChI=1S/C7H7Cl.Mg.2H/c1-6-2-4-7(8)5-3-6;;;/h2-5H,1H3;;;. The van der Waals surface area contributed by atoms with Gasteiger partial charge in [0.2, 0.25) is 0 Å². The molecule has 0 amide bonds. The van der Waals surface area contributed by atoms with Crippen LogP contribution >= 0.6 is 11.6 Å². The maximum Gasteiger partial charge on any atom is 0.316 e. The number of hydrogen-bond donors (Lipinski definition) is 0. The third-order valence-corrected chi connectivity index (χ3v) is 1.26. The first kappa shape index (κ1) is 9.28. The van der Waals surface area contributed by atoms with E-state index in [9.17, 15) is 0 Å². The Hall–Kier alpha value is 0.276. The first-order valence-electron chi connectivity index (χ1n) is 2.51. The molecule has 0 unspecified atom stereocenters. The quantitative estimate of drug-likeness (QED) is 0.497. The Kier molecular flexibility index (Phi) is 4.28. The second-order valence-corrected chi connectivity index (χ2v) is 2.23. The molecule has 0 aliphatic rings. The van der Waals surface area contributed by atoms with Crippen LogP contribution in [0.25, 0.3) is 0 Å². The smallest absolute Gasteiger partial charge is 0.0843 e. The van der Waals surface area contributed by atoms with Crippen LogP contribution in [0.15, 0.2) is 24.3 Å². The fraction of sp³-hybridized carbons (Fsp3) is 0.143. The molecule has 46 valence electrons. The summed E-state index contributed by atoms with van der Waals surface area (Å²) in [5.74, 6) is 0. The zero-order chi connectivity index (χ0) is 5.98. The van der Waals surface area contributed by atoms with Crippen molar-refractivity contribution in [2.75, 3.05) is 0 Å². The first-order valence-corrected chi connectivity index (χ1v) is 2.89. The van der Waals surface area contributed by atoms with Crippen LogP contribution in [-0.2, 0) is 0 Å². The zero-order valence-corrected chi connectivity index (χ0v) is 5.44. The molecule has 0 N–H and O–H groups in total. The van der Waals surface area contributed by atoms with E-state index < -0.39 is 0 Å². The predicted octanol–water partition coefficient (Wildman–Crippen LogP) is 1.73. The van der Waals surface area contributed by atoms with Crippen molar-refractivity contribution in [1.82, 2.24) is 0 Å². The summed E-state index contributed by atoms with van der Waals surface area (Å²) in [5, 5.41) is 0.801. The van der Waals surface area contributed by atoms with Crippen molar-refractivity contribution in [3.8, 4) is 0 Å². The fourth-order valence-corrected chi connectivity index (χ4v) is 0.659. The van der Waals surface area contributed by atoms with Crippen LogP contribution < -0.4 is 0 Å².